The van der Waals surface area contributed by atoms with E-state index in [0.717, 1.165) is 30.9 Å². The first-order valence-corrected chi connectivity index (χ1v) is 7.38. The Morgan fingerprint density at radius 3 is 2.85 bits per heavy atom. The van der Waals surface area contributed by atoms with Crippen molar-refractivity contribution >= 4 is 17.6 Å². The van der Waals surface area contributed by atoms with Crippen LogP contribution in [0, 0.1) is 5.92 Å². The number of hydrogen-bond donors (Lipinski definition) is 1. The van der Waals surface area contributed by atoms with Crippen molar-refractivity contribution in [3.05, 3.63) is 29.8 Å². The van der Waals surface area contributed by atoms with E-state index in [1.807, 2.05) is 13.0 Å². The summed E-state index contributed by atoms with van der Waals surface area (Å²) in [7, 11) is 0. The summed E-state index contributed by atoms with van der Waals surface area (Å²) in [6, 6.07) is 6.63. The topological polar surface area (TPSA) is 24.4 Å². The minimum atomic E-state index is -4.24. The van der Waals surface area contributed by atoms with Gasteiger partial charge in [0.25, 0.3) is 0 Å². The van der Waals surface area contributed by atoms with Crippen molar-refractivity contribution in [3.8, 4) is 0 Å². The van der Waals surface area contributed by atoms with E-state index < -0.39 is 5.51 Å². The number of aliphatic imine (C=N–C) groups is 1. The fraction of sp³-hybridized carbons (Fsp3) is 0.500. The van der Waals surface area contributed by atoms with E-state index in [1.54, 1.807) is 12.1 Å². The summed E-state index contributed by atoms with van der Waals surface area (Å²) in [6.07, 6.45) is 1.73. The Hall–Kier alpha value is -1.17. The smallest absolute Gasteiger partial charge is 0.374 e. The molecule has 0 aromatic heterocycles. The van der Waals surface area contributed by atoms with E-state index in [9.17, 15) is 13.2 Å². The molecule has 2 nitrogen and oxygen atoms in total. The van der Waals surface area contributed by atoms with Gasteiger partial charge in [-0.15, -0.1) is 0 Å². The highest BCUT2D eigenvalue weighted by molar-refractivity contribution is 8.00. The number of thioether (sulfide) groups is 1. The van der Waals surface area contributed by atoms with Crippen LogP contribution in [-0.4, -0.2) is 24.4 Å². The van der Waals surface area contributed by atoms with Crippen molar-refractivity contribution in [3.63, 3.8) is 0 Å². The lowest BCUT2D eigenvalue weighted by atomic mass is 9.99. The predicted octanol–water partition coefficient (Wildman–Crippen LogP) is 3.87. The maximum atomic E-state index is 12.4. The van der Waals surface area contributed by atoms with Gasteiger partial charge in [-0.25, -0.2) is 0 Å². The number of alkyl halides is 3. The number of halogens is 3. The van der Waals surface area contributed by atoms with Gasteiger partial charge in [-0.3, -0.25) is 4.99 Å². The molecule has 0 spiro atoms. The molecule has 110 valence electrons. The Bertz CT molecular complexity index is 486. The highest BCUT2D eigenvalue weighted by Crippen LogP contribution is 2.37. The molecule has 1 aliphatic rings. The third-order valence-corrected chi connectivity index (χ3v) is 3.78. The molecule has 0 radical (unpaired) electrons. The number of rotatable bonds is 4. The molecule has 1 N–H and O–H groups in total. The third-order valence-electron chi connectivity index (χ3n) is 3.06. The third kappa shape index (κ3) is 4.74. The average Bonchev–Trinajstić information content (AvgIpc) is 2.38. The molecule has 20 heavy (non-hydrogen) atoms. The first-order chi connectivity index (χ1) is 9.44. The molecule has 0 unspecified atom stereocenters. The molecule has 1 heterocycles. The second-order valence-corrected chi connectivity index (χ2v) is 5.99. The van der Waals surface area contributed by atoms with Gasteiger partial charge >= 0.3 is 5.51 Å². The van der Waals surface area contributed by atoms with Crippen LogP contribution in [0.3, 0.4) is 0 Å². The van der Waals surface area contributed by atoms with Crippen molar-refractivity contribution in [2.24, 2.45) is 10.9 Å². The van der Waals surface area contributed by atoms with Crippen molar-refractivity contribution in [1.82, 2.24) is 5.32 Å². The summed E-state index contributed by atoms with van der Waals surface area (Å²) in [4.78, 5) is 4.66. The van der Waals surface area contributed by atoms with Gasteiger partial charge in [0, 0.05) is 23.9 Å². The van der Waals surface area contributed by atoms with Gasteiger partial charge < -0.3 is 5.32 Å². The van der Waals surface area contributed by atoms with Gasteiger partial charge in [-0.2, -0.15) is 13.2 Å². The fourth-order valence-electron chi connectivity index (χ4n) is 2.20. The van der Waals surface area contributed by atoms with E-state index in [4.69, 9.17) is 0 Å². The number of amidine groups is 1. The quantitative estimate of drug-likeness (QED) is 0.854. The molecule has 1 aromatic carbocycles. The molecule has 1 aromatic rings. The van der Waals surface area contributed by atoms with E-state index in [-0.39, 0.29) is 22.6 Å². The summed E-state index contributed by atoms with van der Waals surface area (Å²) in [5.41, 5.74) is -3.33. The lowest BCUT2D eigenvalue weighted by Gasteiger charge is -2.20. The number of nitrogens with zero attached hydrogens (tertiary/aromatic N) is 1. The molecule has 0 aliphatic carbocycles. The maximum Gasteiger partial charge on any atom is 0.446 e. The van der Waals surface area contributed by atoms with Crippen molar-refractivity contribution in [2.75, 3.05) is 13.1 Å². The predicted molar refractivity (Wildman–Crippen MR) is 76.1 cm³/mol. The van der Waals surface area contributed by atoms with Gasteiger partial charge in [0.15, 0.2) is 0 Å². The first kappa shape index (κ1) is 15.2. The van der Waals surface area contributed by atoms with Gasteiger partial charge in [0.05, 0.1) is 5.84 Å². The lowest BCUT2D eigenvalue weighted by molar-refractivity contribution is -0.0328. The molecule has 0 saturated carbocycles. The second-order valence-electron chi connectivity index (χ2n) is 4.85. The van der Waals surface area contributed by atoms with Crippen LogP contribution in [0.4, 0.5) is 13.2 Å². The molecule has 6 heteroatoms. The van der Waals surface area contributed by atoms with Crippen LogP contribution in [0.1, 0.15) is 18.9 Å². The molecule has 0 saturated heterocycles. The Balaban J connectivity index is 2.02. The summed E-state index contributed by atoms with van der Waals surface area (Å²) in [5, 5.41) is 3.26. The number of hydrogen-bond acceptors (Lipinski definition) is 3. The van der Waals surface area contributed by atoms with E-state index >= 15 is 0 Å². The largest absolute Gasteiger partial charge is 0.446 e. The van der Waals surface area contributed by atoms with Crippen molar-refractivity contribution in [1.29, 1.82) is 0 Å². The zero-order chi connectivity index (χ0) is 14.6. The molecular weight excluding hydrogens is 285 g/mol. The molecule has 0 fully saturated rings. The summed E-state index contributed by atoms with van der Waals surface area (Å²) in [6.45, 7) is 3.80. The number of nitrogens with one attached hydrogen (secondary N) is 1. The molecule has 0 amide bonds. The Labute approximate surface area is 120 Å². The molecule has 2 rings (SSSR count). The van der Waals surface area contributed by atoms with Crippen LogP contribution in [0.5, 0.6) is 0 Å². The van der Waals surface area contributed by atoms with Crippen LogP contribution >= 0.6 is 11.8 Å². The minimum Gasteiger partial charge on any atom is -0.374 e. The summed E-state index contributed by atoms with van der Waals surface area (Å²) < 4.78 is 37.1. The molecule has 0 bridgehead atoms. The minimum absolute atomic E-state index is 0.0683. The standard InChI is InChI=1S/C14H17F3N2S/c1-10(13-18-6-3-7-19-13)8-11-4-2-5-12(9-11)20-14(15,16)17/h2,4-5,9-10H,3,6-8H2,1H3,(H,18,19)/t10-/m0/s1. The zero-order valence-electron chi connectivity index (χ0n) is 11.2. The molecule has 1 aliphatic heterocycles. The van der Waals surface area contributed by atoms with Crippen molar-refractivity contribution in [2.45, 2.75) is 30.2 Å². The Morgan fingerprint density at radius 2 is 2.20 bits per heavy atom. The highest BCUT2D eigenvalue weighted by atomic mass is 32.2. The normalized spacial score (nSPS) is 17.3. The van der Waals surface area contributed by atoms with Crippen LogP contribution < -0.4 is 5.32 Å². The second kappa shape index (κ2) is 6.52. The monoisotopic (exact) mass is 302 g/mol. The highest BCUT2D eigenvalue weighted by Gasteiger charge is 2.29. The maximum absolute atomic E-state index is 12.4. The van der Waals surface area contributed by atoms with Crippen LogP contribution in [0.15, 0.2) is 34.2 Å². The average molecular weight is 302 g/mol. The van der Waals surface area contributed by atoms with Crippen LogP contribution in [0.2, 0.25) is 0 Å². The Morgan fingerprint density at radius 1 is 1.40 bits per heavy atom. The molecule has 1 atom stereocenters. The van der Waals surface area contributed by atoms with Gasteiger partial charge in [0.1, 0.15) is 0 Å². The van der Waals surface area contributed by atoms with Gasteiger partial charge in [-0.05, 0) is 42.3 Å². The van der Waals surface area contributed by atoms with Crippen LogP contribution in [-0.2, 0) is 6.42 Å². The van der Waals surface area contributed by atoms with Crippen LogP contribution in [0.25, 0.3) is 0 Å². The first-order valence-electron chi connectivity index (χ1n) is 6.57. The van der Waals surface area contributed by atoms with Gasteiger partial charge in [-0.1, -0.05) is 19.1 Å². The zero-order valence-corrected chi connectivity index (χ0v) is 12.0. The van der Waals surface area contributed by atoms with E-state index in [0.29, 0.717) is 6.42 Å². The van der Waals surface area contributed by atoms with E-state index in [1.165, 1.54) is 6.07 Å². The Kier molecular flexibility index (Phi) is 4.96. The van der Waals surface area contributed by atoms with E-state index in [2.05, 4.69) is 10.3 Å². The summed E-state index contributed by atoms with van der Waals surface area (Å²) in [5.74, 6) is 1.16. The lowest BCUT2D eigenvalue weighted by Crippen LogP contribution is -2.35. The van der Waals surface area contributed by atoms with Crippen molar-refractivity contribution < 1.29 is 13.2 Å². The van der Waals surface area contributed by atoms with Gasteiger partial charge in [0.2, 0.25) is 0 Å². The molecular formula is C14H17F3N2S. The fourth-order valence-corrected chi connectivity index (χ4v) is 2.82. The number of benzene rings is 1. The summed E-state index contributed by atoms with van der Waals surface area (Å²) >= 11 is -0.0683. The SMILES string of the molecule is C[C@@H](Cc1cccc(SC(F)(F)F)c1)C1=NCCCN1.